The van der Waals surface area contributed by atoms with Crippen LogP contribution in [0.4, 0.5) is 5.82 Å². The molecular formula is C23H28N4O2S. The molecule has 0 spiro atoms. The number of aryl methyl sites for hydroxylation is 2. The Kier molecular flexibility index (Phi) is 5.23. The first-order chi connectivity index (χ1) is 14.6. The van der Waals surface area contributed by atoms with Gasteiger partial charge in [-0.15, -0.1) is 11.3 Å². The van der Waals surface area contributed by atoms with Crippen molar-refractivity contribution < 1.29 is 9.21 Å². The number of hydrogen-bond donors (Lipinski definition) is 0. The van der Waals surface area contributed by atoms with E-state index < -0.39 is 0 Å². The summed E-state index contributed by atoms with van der Waals surface area (Å²) in [6.07, 6.45) is 7.03. The molecule has 0 bridgehead atoms. The van der Waals surface area contributed by atoms with Gasteiger partial charge in [-0.3, -0.25) is 4.79 Å². The van der Waals surface area contributed by atoms with E-state index in [4.69, 9.17) is 14.4 Å². The van der Waals surface area contributed by atoms with Crippen LogP contribution in [0.3, 0.4) is 0 Å². The monoisotopic (exact) mass is 424 g/mol. The molecule has 7 heteroatoms. The van der Waals surface area contributed by atoms with Crippen molar-refractivity contribution in [2.45, 2.75) is 46.0 Å². The maximum atomic E-state index is 12.5. The molecular weight excluding hydrogens is 396 g/mol. The van der Waals surface area contributed by atoms with Crippen molar-refractivity contribution in [2.24, 2.45) is 5.92 Å². The molecule has 0 unspecified atom stereocenters. The van der Waals surface area contributed by atoms with Crippen molar-refractivity contribution in [2.75, 3.05) is 31.1 Å². The minimum Gasteiger partial charge on any atom is -0.461 e. The summed E-state index contributed by atoms with van der Waals surface area (Å²) in [5, 5.41) is 1.23. The second-order valence-electron chi connectivity index (χ2n) is 8.70. The Labute approximate surface area is 180 Å². The van der Waals surface area contributed by atoms with Gasteiger partial charge in [-0.1, -0.05) is 13.8 Å². The fourth-order valence-corrected chi connectivity index (χ4v) is 5.78. The average molecular weight is 425 g/mol. The summed E-state index contributed by atoms with van der Waals surface area (Å²) in [4.78, 5) is 29.2. The van der Waals surface area contributed by atoms with Gasteiger partial charge in [0.25, 0.3) is 0 Å². The quantitative estimate of drug-likeness (QED) is 0.616. The molecule has 3 aromatic heterocycles. The van der Waals surface area contributed by atoms with Crippen LogP contribution in [0.1, 0.15) is 43.6 Å². The highest BCUT2D eigenvalue weighted by atomic mass is 32.1. The molecule has 30 heavy (non-hydrogen) atoms. The van der Waals surface area contributed by atoms with Gasteiger partial charge in [0.05, 0.1) is 11.6 Å². The molecule has 2 aliphatic rings. The second-order valence-corrected chi connectivity index (χ2v) is 9.79. The van der Waals surface area contributed by atoms with Crippen LogP contribution in [0.15, 0.2) is 22.8 Å². The molecule has 0 aromatic carbocycles. The number of aromatic nitrogens is 2. The zero-order chi connectivity index (χ0) is 20.7. The molecule has 4 heterocycles. The van der Waals surface area contributed by atoms with Crippen LogP contribution in [0.25, 0.3) is 21.8 Å². The summed E-state index contributed by atoms with van der Waals surface area (Å²) in [5.41, 5.74) is 1.44. The van der Waals surface area contributed by atoms with E-state index in [-0.39, 0.29) is 5.91 Å². The first kappa shape index (κ1) is 19.5. The maximum absolute atomic E-state index is 12.5. The van der Waals surface area contributed by atoms with Crippen LogP contribution >= 0.6 is 11.3 Å². The summed E-state index contributed by atoms with van der Waals surface area (Å²) in [6, 6.07) is 3.79. The first-order valence-electron chi connectivity index (χ1n) is 11.0. The summed E-state index contributed by atoms with van der Waals surface area (Å²) in [7, 11) is 0. The maximum Gasteiger partial charge on any atom is 0.222 e. The molecule has 1 saturated heterocycles. The Morgan fingerprint density at radius 3 is 2.70 bits per heavy atom. The second kappa shape index (κ2) is 8.02. The number of nitrogens with zero attached hydrogens (tertiary/aromatic N) is 4. The number of anilines is 1. The highest BCUT2D eigenvalue weighted by Gasteiger charge is 2.28. The lowest BCUT2D eigenvalue weighted by atomic mass is 9.97. The standard InChI is InChI=1S/C23H28N4O2S/c1-15(2)14-19(28)26-9-11-27(12-10-26)22-20-16-6-3-4-8-18(16)30-23(20)25-21(24-22)17-7-5-13-29-17/h5,7,13,15H,3-4,6,8-12,14H2,1-2H3. The van der Waals surface area contributed by atoms with Gasteiger partial charge >= 0.3 is 0 Å². The van der Waals surface area contributed by atoms with Gasteiger partial charge in [0.1, 0.15) is 10.6 Å². The van der Waals surface area contributed by atoms with Gasteiger partial charge in [0.2, 0.25) is 5.91 Å². The molecule has 1 aliphatic heterocycles. The smallest absolute Gasteiger partial charge is 0.222 e. The molecule has 0 atom stereocenters. The molecule has 158 valence electrons. The summed E-state index contributed by atoms with van der Waals surface area (Å²) in [5.74, 6) is 3.03. The Morgan fingerprint density at radius 2 is 1.97 bits per heavy atom. The van der Waals surface area contributed by atoms with Gasteiger partial charge in [0, 0.05) is 37.5 Å². The van der Waals surface area contributed by atoms with Crippen molar-refractivity contribution >= 4 is 33.3 Å². The lowest BCUT2D eigenvalue weighted by Crippen LogP contribution is -2.49. The number of hydrogen-bond acceptors (Lipinski definition) is 6. The summed E-state index contributed by atoms with van der Waals surface area (Å²) >= 11 is 1.82. The van der Waals surface area contributed by atoms with E-state index in [2.05, 4.69) is 18.7 Å². The number of fused-ring (bicyclic) bond motifs is 3. The normalized spacial score (nSPS) is 17.0. The predicted octanol–water partition coefficient (Wildman–Crippen LogP) is 4.52. The molecule has 5 rings (SSSR count). The largest absolute Gasteiger partial charge is 0.461 e. The molecule has 1 fully saturated rings. The van der Waals surface area contributed by atoms with Crippen molar-refractivity contribution in [1.82, 2.24) is 14.9 Å². The van der Waals surface area contributed by atoms with Gasteiger partial charge in [-0.25, -0.2) is 9.97 Å². The average Bonchev–Trinajstić information content (AvgIpc) is 3.40. The molecule has 0 N–H and O–H groups in total. The van der Waals surface area contributed by atoms with Crippen molar-refractivity contribution in [3.05, 3.63) is 28.8 Å². The van der Waals surface area contributed by atoms with Crippen LogP contribution in [0.2, 0.25) is 0 Å². The predicted molar refractivity (Wildman–Crippen MR) is 120 cm³/mol. The van der Waals surface area contributed by atoms with E-state index in [1.165, 1.54) is 28.7 Å². The fraction of sp³-hybridized carbons (Fsp3) is 0.522. The van der Waals surface area contributed by atoms with E-state index >= 15 is 0 Å². The Hall–Kier alpha value is -2.41. The zero-order valence-electron chi connectivity index (χ0n) is 17.7. The Bertz CT molecular complexity index is 1050. The third kappa shape index (κ3) is 3.60. The molecule has 0 radical (unpaired) electrons. The van der Waals surface area contributed by atoms with Crippen molar-refractivity contribution in [3.8, 4) is 11.6 Å². The van der Waals surface area contributed by atoms with E-state index in [0.29, 0.717) is 23.9 Å². The van der Waals surface area contributed by atoms with Gasteiger partial charge in [-0.2, -0.15) is 0 Å². The highest BCUT2D eigenvalue weighted by molar-refractivity contribution is 7.19. The number of carbonyl (C=O) groups is 1. The molecule has 1 aliphatic carbocycles. The summed E-state index contributed by atoms with van der Waals surface area (Å²) in [6.45, 7) is 7.30. The van der Waals surface area contributed by atoms with Gasteiger partial charge < -0.3 is 14.2 Å². The number of amides is 1. The number of thiophene rings is 1. The Morgan fingerprint density at radius 1 is 1.17 bits per heavy atom. The third-order valence-corrected chi connectivity index (χ3v) is 7.24. The van der Waals surface area contributed by atoms with E-state index in [1.54, 1.807) is 6.26 Å². The topological polar surface area (TPSA) is 62.5 Å². The number of rotatable bonds is 4. The van der Waals surface area contributed by atoms with E-state index in [0.717, 1.165) is 49.7 Å². The third-order valence-electron chi connectivity index (χ3n) is 6.05. The van der Waals surface area contributed by atoms with Crippen LogP contribution in [0, 0.1) is 5.92 Å². The van der Waals surface area contributed by atoms with Crippen LogP contribution in [-0.4, -0.2) is 47.0 Å². The molecule has 6 nitrogen and oxygen atoms in total. The molecule has 1 amide bonds. The number of furan rings is 1. The lowest BCUT2D eigenvalue weighted by molar-refractivity contribution is -0.132. The van der Waals surface area contributed by atoms with Crippen molar-refractivity contribution in [3.63, 3.8) is 0 Å². The van der Waals surface area contributed by atoms with Gasteiger partial charge in [-0.05, 0) is 49.3 Å². The summed E-state index contributed by atoms with van der Waals surface area (Å²) < 4.78 is 5.61. The van der Waals surface area contributed by atoms with Crippen LogP contribution in [0.5, 0.6) is 0 Å². The van der Waals surface area contributed by atoms with Crippen LogP contribution in [-0.2, 0) is 17.6 Å². The van der Waals surface area contributed by atoms with Crippen LogP contribution < -0.4 is 4.90 Å². The van der Waals surface area contributed by atoms with E-state index in [9.17, 15) is 4.79 Å². The van der Waals surface area contributed by atoms with Crippen molar-refractivity contribution in [1.29, 1.82) is 0 Å². The highest BCUT2D eigenvalue weighted by Crippen LogP contribution is 2.41. The minimum absolute atomic E-state index is 0.265. The first-order valence-corrected chi connectivity index (χ1v) is 11.8. The van der Waals surface area contributed by atoms with E-state index in [1.807, 2.05) is 28.4 Å². The zero-order valence-corrected chi connectivity index (χ0v) is 18.5. The minimum atomic E-state index is 0.265. The molecule has 3 aromatic rings. The fourth-order valence-electron chi connectivity index (χ4n) is 4.53. The SMILES string of the molecule is CC(C)CC(=O)N1CCN(c2nc(-c3ccco3)nc3sc4c(c23)CCCC4)CC1. The number of piperazine rings is 1. The number of carbonyl (C=O) groups excluding carboxylic acids is 1. The van der Waals surface area contributed by atoms with Gasteiger partial charge in [0.15, 0.2) is 11.6 Å². The molecule has 0 saturated carbocycles. The lowest BCUT2D eigenvalue weighted by Gasteiger charge is -2.36. The Balaban J connectivity index is 1.50.